The van der Waals surface area contributed by atoms with Crippen LogP contribution in [-0.2, 0) is 20.9 Å². The second-order valence-electron chi connectivity index (χ2n) is 11.9. The molecule has 10 nitrogen and oxygen atoms in total. The second kappa shape index (κ2) is 11.3. The molecular formula is C30H34F3N7O3S. The first kappa shape index (κ1) is 30.3. The normalized spacial score (nSPS) is 21.0. The lowest BCUT2D eigenvalue weighted by atomic mass is 9.91. The number of ether oxygens (including phenoxy) is 1. The molecule has 14 heteroatoms. The minimum Gasteiger partial charge on any atom is -0.377 e. The molecule has 2 aliphatic rings. The summed E-state index contributed by atoms with van der Waals surface area (Å²) >= 11 is 0. The molecule has 0 saturated carbocycles. The van der Waals surface area contributed by atoms with Gasteiger partial charge in [0.05, 0.1) is 29.8 Å². The zero-order chi connectivity index (χ0) is 31.3. The minimum atomic E-state index is -4.80. The minimum absolute atomic E-state index is 0.00000254. The Morgan fingerprint density at radius 2 is 1.89 bits per heavy atom. The van der Waals surface area contributed by atoms with E-state index in [1.54, 1.807) is 30.3 Å². The number of piperidine rings is 1. The highest BCUT2D eigenvalue weighted by atomic mass is 32.2. The lowest BCUT2D eigenvalue weighted by Gasteiger charge is -2.36. The zero-order valence-corrected chi connectivity index (χ0v) is 25.4. The number of nitrogens with zero attached hydrogens (tertiary/aromatic N) is 5. The largest absolute Gasteiger partial charge is 0.419 e. The van der Waals surface area contributed by atoms with Gasteiger partial charge in [-0.1, -0.05) is 18.2 Å². The molecule has 2 atom stereocenters. The molecule has 2 N–H and O–H groups in total. The lowest BCUT2D eigenvalue weighted by molar-refractivity contribution is -0.137. The van der Waals surface area contributed by atoms with Crippen LogP contribution < -0.4 is 15.5 Å². The molecular weight excluding hydrogens is 595 g/mol. The Morgan fingerprint density at radius 3 is 2.57 bits per heavy atom. The standard InChI is InChI=1S/C30H34F3N7O3S/c1-19-18-43-14-13-39(19)25-10-9-22-23(17-40(27(22)37-25)44(41,42)21-7-5-4-6-8-21)26-24(30(31,32)33)16-34-28(38-26)36-20-11-12-29(2,3)35-15-20/h4-10,16-17,19-20,35H,11-15,18H2,1-3H3,(H,34,36,38)/t19-,20?/m0/s1. The number of morpholine rings is 1. The van der Waals surface area contributed by atoms with Crippen LogP contribution in [0.5, 0.6) is 0 Å². The molecule has 44 heavy (non-hydrogen) atoms. The average Bonchev–Trinajstić information content (AvgIpc) is 3.38. The average molecular weight is 630 g/mol. The first-order chi connectivity index (χ1) is 20.8. The van der Waals surface area contributed by atoms with Crippen LogP contribution in [-0.4, -0.2) is 71.3 Å². The van der Waals surface area contributed by atoms with Crippen LogP contribution >= 0.6 is 0 Å². The van der Waals surface area contributed by atoms with Crippen molar-refractivity contribution in [2.75, 3.05) is 36.5 Å². The third kappa shape index (κ3) is 5.85. The summed E-state index contributed by atoms with van der Waals surface area (Å²) in [5.41, 5.74) is -1.57. The number of rotatable bonds is 6. The first-order valence-electron chi connectivity index (χ1n) is 14.5. The number of hydrogen-bond acceptors (Lipinski definition) is 9. The topological polar surface area (TPSA) is 114 Å². The molecule has 6 rings (SSSR count). The van der Waals surface area contributed by atoms with E-state index >= 15 is 0 Å². The molecule has 5 heterocycles. The molecule has 4 aromatic rings. The van der Waals surface area contributed by atoms with E-state index in [9.17, 15) is 21.6 Å². The van der Waals surface area contributed by atoms with E-state index in [4.69, 9.17) is 9.72 Å². The van der Waals surface area contributed by atoms with E-state index in [0.29, 0.717) is 32.1 Å². The van der Waals surface area contributed by atoms with Crippen LogP contribution in [0.15, 0.2) is 59.8 Å². The van der Waals surface area contributed by atoms with Gasteiger partial charge in [0.25, 0.3) is 10.0 Å². The van der Waals surface area contributed by atoms with Gasteiger partial charge < -0.3 is 20.3 Å². The quantitative estimate of drug-likeness (QED) is 0.307. The van der Waals surface area contributed by atoms with E-state index in [1.165, 1.54) is 18.3 Å². The molecule has 2 aliphatic heterocycles. The van der Waals surface area contributed by atoms with E-state index in [0.717, 1.165) is 23.0 Å². The second-order valence-corrected chi connectivity index (χ2v) is 13.7. The molecule has 0 radical (unpaired) electrons. The molecule has 2 fully saturated rings. The van der Waals surface area contributed by atoms with Crippen molar-refractivity contribution in [1.29, 1.82) is 0 Å². The predicted octanol–water partition coefficient (Wildman–Crippen LogP) is 4.92. The summed E-state index contributed by atoms with van der Waals surface area (Å²) in [4.78, 5) is 15.0. The first-order valence-corrected chi connectivity index (χ1v) is 15.9. The fraction of sp³-hybridized carbons (Fsp3) is 0.433. The van der Waals surface area contributed by atoms with Crippen LogP contribution in [0.4, 0.5) is 24.9 Å². The van der Waals surface area contributed by atoms with Crippen molar-refractivity contribution in [2.24, 2.45) is 0 Å². The van der Waals surface area contributed by atoms with E-state index in [-0.39, 0.29) is 45.1 Å². The van der Waals surface area contributed by atoms with Crippen LogP contribution in [0.1, 0.15) is 39.2 Å². The molecule has 0 bridgehead atoms. The molecule has 2 saturated heterocycles. The summed E-state index contributed by atoms with van der Waals surface area (Å²) in [7, 11) is -4.24. The molecule has 3 aromatic heterocycles. The van der Waals surface area contributed by atoms with E-state index < -0.39 is 27.5 Å². The smallest absolute Gasteiger partial charge is 0.377 e. The number of nitrogens with one attached hydrogen (secondary N) is 2. The number of alkyl halides is 3. The molecule has 1 unspecified atom stereocenters. The fourth-order valence-electron chi connectivity index (χ4n) is 5.66. The number of aromatic nitrogens is 4. The number of fused-ring (bicyclic) bond motifs is 1. The van der Waals surface area contributed by atoms with Gasteiger partial charge in [-0.3, -0.25) is 0 Å². The Bertz CT molecular complexity index is 1770. The van der Waals surface area contributed by atoms with Crippen LogP contribution in [0.2, 0.25) is 0 Å². The lowest BCUT2D eigenvalue weighted by Crippen LogP contribution is -2.50. The number of pyridine rings is 1. The van der Waals surface area contributed by atoms with E-state index in [2.05, 4.69) is 34.4 Å². The Hall–Kier alpha value is -3.75. The number of benzene rings is 1. The molecule has 0 amide bonds. The number of hydrogen-bond donors (Lipinski definition) is 2. The van der Waals surface area contributed by atoms with E-state index in [1.807, 2.05) is 11.8 Å². The monoisotopic (exact) mass is 629 g/mol. The van der Waals surface area contributed by atoms with Gasteiger partial charge in [-0.05, 0) is 57.9 Å². The highest BCUT2D eigenvalue weighted by molar-refractivity contribution is 7.90. The summed E-state index contributed by atoms with van der Waals surface area (Å²) in [5.74, 6) is 0.523. The SMILES string of the molecule is C[C@H]1COCCN1c1ccc2c(-c3nc(NC4CCC(C)(C)NC4)ncc3C(F)(F)F)cn(S(=O)(=O)c3ccccc3)c2n1. The zero-order valence-electron chi connectivity index (χ0n) is 24.6. The third-order valence-electron chi connectivity index (χ3n) is 8.19. The van der Waals surface area contributed by atoms with Crippen molar-refractivity contribution in [2.45, 2.75) is 62.3 Å². The summed E-state index contributed by atoms with van der Waals surface area (Å²) in [6, 6.07) is 10.9. The van der Waals surface area contributed by atoms with Crippen molar-refractivity contribution < 1.29 is 26.3 Å². The third-order valence-corrected chi connectivity index (χ3v) is 9.86. The van der Waals surface area contributed by atoms with Gasteiger partial charge >= 0.3 is 6.18 Å². The maximum Gasteiger partial charge on any atom is 0.419 e. The van der Waals surface area contributed by atoms with Crippen molar-refractivity contribution in [3.63, 3.8) is 0 Å². The van der Waals surface area contributed by atoms with Gasteiger partial charge in [0.2, 0.25) is 5.95 Å². The molecule has 0 aliphatic carbocycles. The number of anilines is 2. The van der Waals surface area contributed by atoms with Crippen molar-refractivity contribution >= 4 is 32.8 Å². The van der Waals surface area contributed by atoms with Gasteiger partial charge in [0.15, 0.2) is 5.65 Å². The van der Waals surface area contributed by atoms with Gasteiger partial charge in [-0.25, -0.2) is 27.3 Å². The maximum absolute atomic E-state index is 14.4. The molecule has 1 aromatic carbocycles. The Balaban J connectivity index is 1.52. The highest BCUT2D eigenvalue weighted by Gasteiger charge is 2.37. The predicted molar refractivity (Wildman–Crippen MR) is 161 cm³/mol. The summed E-state index contributed by atoms with van der Waals surface area (Å²) < 4.78 is 77.5. The van der Waals surface area contributed by atoms with Crippen LogP contribution in [0.25, 0.3) is 22.3 Å². The van der Waals surface area contributed by atoms with Gasteiger partial charge in [-0.2, -0.15) is 13.2 Å². The van der Waals surface area contributed by atoms with Crippen molar-refractivity contribution in [3.8, 4) is 11.3 Å². The Morgan fingerprint density at radius 1 is 1.11 bits per heavy atom. The fourth-order valence-corrected chi connectivity index (χ4v) is 7.00. The summed E-state index contributed by atoms with van der Waals surface area (Å²) in [5, 5.41) is 6.79. The van der Waals surface area contributed by atoms with Crippen LogP contribution in [0.3, 0.4) is 0 Å². The van der Waals surface area contributed by atoms with Crippen LogP contribution in [0, 0.1) is 0 Å². The van der Waals surface area contributed by atoms with Gasteiger partial charge in [0.1, 0.15) is 11.4 Å². The molecule has 234 valence electrons. The van der Waals surface area contributed by atoms with Gasteiger partial charge in [-0.15, -0.1) is 0 Å². The molecule has 0 spiro atoms. The van der Waals surface area contributed by atoms with Gasteiger partial charge in [0, 0.05) is 48.0 Å². The number of halogens is 3. The Kier molecular flexibility index (Phi) is 7.79. The summed E-state index contributed by atoms with van der Waals surface area (Å²) in [6.07, 6.45) is -1.23. The Labute approximate surface area is 253 Å². The van der Waals surface area contributed by atoms with Crippen molar-refractivity contribution in [1.82, 2.24) is 24.2 Å². The summed E-state index contributed by atoms with van der Waals surface area (Å²) in [6.45, 7) is 8.21. The highest BCUT2D eigenvalue weighted by Crippen LogP contribution is 2.40. The maximum atomic E-state index is 14.4. The van der Waals surface area contributed by atoms with Crippen molar-refractivity contribution in [3.05, 3.63) is 60.4 Å².